The fraction of sp³-hybridized carbons (Fsp3) is 0.118. The Morgan fingerprint density at radius 1 is 0.885 bits per heavy atom. The van der Waals surface area contributed by atoms with Crippen LogP contribution in [0.5, 0.6) is 0 Å². The highest BCUT2D eigenvalue weighted by Crippen LogP contribution is 2.37. The van der Waals surface area contributed by atoms with Crippen LogP contribution in [0.3, 0.4) is 0 Å². The summed E-state index contributed by atoms with van der Waals surface area (Å²) in [5, 5.41) is 2.66. The lowest BCUT2D eigenvalue weighted by molar-refractivity contribution is -0.143. The lowest BCUT2D eigenvalue weighted by Crippen LogP contribution is -2.11. The van der Waals surface area contributed by atoms with Crippen LogP contribution < -0.4 is 5.32 Å². The third-order valence-corrected chi connectivity index (χ3v) is 3.45. The summed E-state index contributed by atoms with van der Waals surface area (Å²) in [6.45, 7) is 0. The molecule has 9 heteroatoms. The van der Waals surface area contributed by atoms with Crippen molar-refractivity contribution in [3.63, 3.8) is 0 Å². The van der Waals surface area contributed by atoms with E-state index in [9.17, 15) is 31.1 Å². The Labute approximate surface area is 149 Å². The summed E-state index contributed by atoms with van der Waals surface area (Å²) in [5.74, 6) is -0.503. The summed E-state index contributed by atoms with van der Waals surface area (Å²) in [6, 6.07) is 6.87. The number of carbonyl (C=O) groups is 1. The first-order valence-corrected chi connectivity index (χ1v) is 7.37. The van der Waals surface area contributed by atoms with E-state index in [4.69, 9.17) is 11.6 Å². The highest BCUT2D eigenvalue weighted by Gasteiger charge is 2.36. The van der Waals surface area contributed by atoms with E-state index in [1.54, 1.807) is 0 Å². The molecule has 0 amide bonds. The van der Waals surface area contributed by atoms with Crippen molar-refractivity contribution in [3.05, 3.63) is 76.5 Å². The molecule has 0 heterocycles. The van der Waals surface area contributed by atoms with Gasteiger partial charge in [0, 0.05) is 28.5 Å². The number of ketones is 1. The minimum atomic E-state index is -4.94. The van der Waals surface area contributed by atoms with Gasteiger partial charge in [-0.15, -0.1) is 0 Å². The molecule has 0 aliphatic heterocycles. The number of allylic oxidation sites excluding steroid dienone is 1. The van der Waals surface area contributed by atoms with Gasteiger partial charge < -0.3 is 5.32 Å². The smallest absolute Gasteiger partial charge is 0.362 e. The predicted octanol–water partition coefficient (Wildman–Crippen LogP) is 6.19. The third kappa shape index (κ3) is 5.26. The first kappa shape index (κ1) is 19.8. The van der Waals surface area contributed by atoms with Gasteiger partial charge in [-0.2, -0.15) is 26.3 Å². The topological polar surface area (TPSA) is 29.1 Å². The van der Waals surface area contributed by atoms with Gasteiger partial charge in [0.25, 0.3) is 0 Å². The molecule has 0 atom stereocenters. The van der Waals surface area contributed by atoms with E-state index in [0.29, 0.717) is 17.2 Å². The standard InChI is InChI=1S/C17H10ClF6NO/c18-13-3-1-10(2-4-13)15(26)5-6-25-14-8-11(16(19,20)21)7-12(9-14)17(22,23)24/h1-9,25H. The Bertz CT molecular complexity index is 792. The number of rotatable bonds is 4. The number of carbonyl (C=O) groups excluding carboxylic acids is 1. The molecular weight excluding hydrogens is 384 g/mol. The molecule has 0 fully saturated rings. The Morgan fingerprint density at radius 3 is 1.85 bits per heavy atom. The summed E-state index contributed by atoms with van der Waals surface area (Å²) in [6.07, 6.45) is -7.94. The van der Waals surface area contributed by atoms with Crippen LogP contribution in [-0.4, -0.2) is 5.78 Å². The average Bonchev–Trinajstić information content (AvgIpc) is 2.53. The first-order valence-electron chi connectivity index (χ1n) is 6.99. The van der Waals surface area contributed by atoms with Crippen molar-refractivity contribution in [2.75, 3.05) is 5.32 Å². The second-order valence-corrected chi connectivity index (χ2v) is 5.58. The second kappa shape index (κ2) is 7.41. The van der Waals surface area contributed by atoms with Crippen LogP contribution in [-0.2, 0) is 12.4 Å². The average molecular weight is 394 g/mol. The quantitative estimate of drug-likeness (QED) is 0.381. The minimum Gasteiger partial charge on any atom is -0.362 e. The van der Waals surface area contributed by atoms with Crippen LogP contribution in [0.2, 0.25) is 5.02 Å². The Hall–Kier alpha value is -2.48. The van der Waals surface area contributed by atoms with Crippen LogP contribution in [0.1, 0.15) is 21.5 Å². The van der Waals surface area contributed by atoms with Gasteiger partial charge in [0.1, 0.15) is 0 Å². The lowest BCUT2D eigenvalue weighted by Gasteiger charge is -2.14. The maximum Gasteiger partial charge on any atom is 0.416 e. The SMILES string of the molecule is O=C(C=CNc1cc(C(F)(F)F)cc(C(F)(F)F)c1)c1ccc(Cl)cc1. The zero-order chi connectivity index (χ0) is 19.5. The summed E-state index contributed by atoms with van der Waals surface area (Å²) in [4.78, 5) is 11.9. The van der Waals surface area contributed by atoms with Gasteiger partial charge >= 0.3 is 12.4 Å². The molecule has 0 spiro atoms. The number of benzene rings is 2. The summed E-state index contributed by atoms with van der Waals surface area (Å²) < 4.78 is 76.6. The van der Waals surface area contributed by atoms with Gasteiger partial charge in [-0.25, -0.2) is 0 Å². The Morgan fingerprint density at radius 2 is 1.38 bits per heavy atom. The van der Waals surface area contributed by atoms with Crippen LogP contribution in [0.4, 0.5) is 32.0 Å². The molecule has 0 bridgehead atoms. The van der Waals surface area contributed by atoms with Crippen molar-refractivity contribution in [2.24, 2.45) is 0 Å². The molecule has 2 aromatic rings. The van der Waals surface area contributed by atoms with Crippen LogP contribution in [0, 0.1) is 0 Å². The van der Waals surface area contributed by atoms with E-state index in [2.05, 4.69) is 5.32 Å². The van der Waals surface area contributed by atoms with Crippen LogP contribution >= 0.6 is 11.6 Å². The van der Waals surface area contributed by atoms with Gasteiger partial charge in [0.05, 0.1) is 11.1 Å². The minimum absolute atomic E-state index is 0.0216. The van der Waals surface area contributed by atoms with Crippen molar-refractivity contribution >= 4 is 23.1 Å². The van der Waals surface area contributed by atoms with Crippen LogP contribution in [0.15, 0.2) is 54.7 Å². The maximum absolute atomic E-state index is 12.8. The van der Waals surface area contributed by atoms with E-state index in [-0.39, 0.29) is 11.6 Å². The molecule has 0 saturated heterocycles. The van der Waals surface area contributed by atoms with Gasteiger partial charge in [-0.1, -0.05) is 11.6 Å². The second-order valence-electron chi connectivity index (χ2n) is 5.14. The third-order valence-electron chi connectivity index (χ3n) is 3.20. The normalized spacial score (nSPS) is 12.4. The van der Waals surface area contributed by atoms with E-state index < -0.39 is 35.0 Å². The molecule has 0 aliphatic rings. The Kier molecular flexibility index (Phi) is 5.65. The molecule has 1 N–H and O–H groups in total. The molecule has 26 heavy (non-hydrogen) atoms. The van der Waals surface area contributed by atoms with Gasteiger partial charge in [-0.05, 0) is 42.5 Å². The molecule has 0 saturated carbocycles. The fourth-order valence-corrected chi connectivity index (χ4v) is 2.09. The fourth-order valence-electron chi connectivity index (χ4n) is 1.96. The monoisotopic (exact) mass is 393 g/mol. The predicted molar refractivity (Wildman–Crippen MR) is 85.0 cm³/mol. The number of nitrogens with one attached hydrogen (secondary N) is 1. The summed E-state index contributed by atoms with van der Waals surface area (Å²) >= 11 is 5.68. The largest absolute Gasteiger partial charge is 0.416 e. The Balaban J connectivity index is 2.23. The molecule has 0 radical (unpaired) electrons. The first-order chi connectivity index (χ1) is 12.0. The lowest BCUT2D eigenvalue weighted by atomic mass is 10.1. The van der Waals surface area contributed by atoms with E-state index in [0.717, 1.165) is 12.3 Å². The molecule has 0 aliphatic carbocycles. The zero-order valence-corrected chi connectivity index (χ0v) is 13.5. The van der Waals surface area contributed by atoms with E-state index >= 15 is 0 Å². The summed E-state index contributed by atoms with van der Waals surface area (Å²) in [7, 11) is 0. The van der Waals surface area contributed by atoms with Crippen LogP contribution in [0.25, 0.3) is 0 Å². The zero-order valence-electron chi connectivity index (χ0n) is 12.8. The molecule has 0 aromatic heterocycles. The molecule has 2 rings (SSSR count). The maximum atomic E-state index is 12.8. The van der Waals surface area contributed by atoms with Crippen molar-refractivity contribution in [2.45, 2.75) is 12.4 Å². The van der Waals surface area contributed by atoms with Crippen molar-refractivity contribution in [1.29, 1.82) is 0 Å². The number of anilines is 1. The highest BCUT2D eigenvalue weighted by molar-refractivity contribution is 6.30. The molecular formula is C17H10ClF6NO. The molecule has 138 valence electrons. The van der Waals surface area contributed by atoms with E-state index in [1.165, 1.54) is 24.3 Å². The van der Waals surface area contributed by atoms with Gasteiger partial charge in [0.2, 0.25) is 0 Å². The number of hydrogen-bond acceptors (Lipinski definition) is 2. The highest BCUT2D eigenvalue weighted by atomic mass is 35.5. The molecule has 2 nitrogen and oxygen atoms in total. The summed E-state index contributed by atoms with van der Waals surface area (Å²) in [5.41, 5.74) is -3.10. The number of hydrogen-bond donors (Lipinski definition) is 1. The molecule has 0 unspecified atom stereocenters. The van der Waals surface area contributed by atoms with Crippen molar-refractivity contribution in [1.82, 2.24) is 0 Å². The number of halogens is 7. The number of alkyl halides is 6. The van der Waals surface area contributed by atoms with E-state index in [1.807, 2.05) is 0 Å². The van der Waals surface area contributed by atoms with Gasteiger partial charge in [-0.3, -0.25) is 4.79 Å². The van der Waals surface area contributed by atoms with Gasteiger partial charge in [0.15, 0.2) is 5.78 Å². The van der Waals surface area contributed by atoms with Crippen molar-refractivity contribution < 1.29 is 31.1 Å². The van der Waals surface area contributed by atoms with Crippen molar-refractivity contribution in [3.8, 4) is 0 Å². The molecule has 2 aromatic carbocycles.